The van der Waals surface area contributed by atoms with Gasteiger partial charge in [-0.3, -0.25) is 14.9 Å². The zero-order chi connectivity index (χ0) is 16.3. The van der Waals surface area contributed by atoms with Gasteiger partial charge in [-0.25, -0.2) is 4.79 Å². The van der Waals surface area contributed by atoms with Crippen LogP contribution in [0.15, 0.2) is 0 Å². The maximum atomic E-state index is 12.4. The minimum atomic E-state index is -0.773. The first kappa shape index (κ1) is 16.5. The summed E-state index contributed by atoms with van der Waals surface area (Å²) in [6, 6.07) is 0. The third-order valence-corrected chi connectivity index (χ3v) is 4.69. The second-order valence-electron chi connectivity index (χ2n) is 5.41. The summed E-state index contributed by atoms with van der Waals surface area (Å²) >= 11 is 1.42. The normalized spacial score (nSPS) is 16.6. The fourth-order valence-electron chi connectivity index (χ4n) is 2.56. The number of amides is 3. The van der Waals surface area contributed by atoms with Crippen molar-refractivity contribution < 1.29 is 19.1 Å². The molecular weight excluding hydrogens is 304 g/mol. The Morgan fingerprint density at radius 1 is 1.36 bits per heavy atom. The largest absolute Gasteiger partial charge is 0.450 e. The number of hydrogen-bond acceptors (Lipinski definition) is 5. The van der Waals surface area contributed by atoms with Gasteiger partial charge in [0.15, 0.2) is 0 Å². The van der Waals surface area contributed by atoms with E-state index >= 15 is 0 Å². The molecule has 1 aromatic rings. The zero-order valence-electron chi connectivity index (χ0n) is 12.9. The molecule has 6 nitrogen and oxygen atoms in total. The first-order chi connectivity index (χ1) is 10.4. The van der Waals surface area contributed by atoms with Gasteiger partial charge in [-0.2, -0.15) is 0 Å². The molecular formula is C15H20N2O4S. The molecule has 0 aliphatic heterocycles. The van der Waals surface area contributed by atoms with Crippen molar-refractivity contribution in [3.63, 3.8) is 0 Å². The van der Waals surface area contributed by atoms with Gasteiger partial charge in [0.25, 0.3) is 5.91 Å². The van der Waals surface area contributed by atoms with Crippen molar-refractivity contribution in [1.29, 1.82) is 0 Å². The fraction of sp³-hybridized carbons (Fsp3) is 0.533. The van der Waals surface area contributed by atoms with Gasteiger partial charge in [0.05, 0.1) is 12.2 Å². The van der Waals surface area contributed by atoms with E-state index in [1.54, 1.807) is 6.92 Å². The highest BCUT2D eigenvalue weighted by molar-refractivity contribution is 7.17. The number of imide groups is 1. The average molecular weight is 324 g/mol. The molecule has 1 atom stereocenters. The molecule has 2 rings (SSSR count). The summed E-state index contributed by atoms with van der Waals surface area (Å²) in [5, 5.41) is 5.42. The SMILES string of the molecule is CCOC(=O)NC(=O)c1c(NC(C)=O)sc2c1CC[C@@H](C)C2. The van der Waals surface area contributed by atoms with E-state index in [2.05, 4.69) is 17.6 Å². The molecule has 0 saturated carbocycles. The van der Waals surface area contributed by atoms with Crippen molar-refractivity contribution in [2.45, 2.75) is 40.0 Å². The van der Waals surface area contributed by atoms with Crippen molar-refractivity contribution >= 4 is 34.2 Å². The van der Waals surface area contributed by atoms with Crippen molar-refractivity contribution in [2.75, 3.05) is 11.9 Å². The van der Waals surface area contributed by atoms with Gasteiger partial charge in [-0.15, -0.1) is 11.3 Å². The van der Waals surface area contributed by atoms with Crippen LogP contribution in [-0.2, 0) is 22.4 Å². The number of nitrogens with one attached hydrogen (secondary N) is 2. The molecule has 0 spiro atoms. The Kier molecular flexibility index (Phi) is 5.18. The summed E-state index contributed by atoms with van der Waals surface area (Å²) in [4.78, 5) is 36.3. The number of carbonyl (C=O) groups excluding carboxylic acids is 3. The molecule has 0 fully saturated rings. The fourth-order valence-corrected chi connectivity index (χ4v) is 4.02. The third kappa shape index (κ3) is 3.65. The molecule has 2 N–H and O–H groups in total. The standard InChI is InChI=1S/C15H20N2O4S/c1-4-21-15(20)17-13(19)12-10-6-5-8(2)7-11(10)22-14(12)16-9(3)18/h8H,4-7H2,1-3H3,(H,16,18)(H,17,19,20)/t8-/m1/s1. The van der Waals surface area contributed by atoms with Gasteiger partial charge in [0.2, 0.25) is 5.91 Å². The van der Waals surface area contributed by atoms with Crippen LogP contribution >= 0.6 is 11.3 Å². The summed E-state index contributed by atoms with van der Waals surface area (Å²) in [5.41, 5.74) is 1.34. The number of ether oxygens (including phenoxy) is 1. The lowest BCUT2D eigenvalue weighted by Crippen LogP contribution is -2.32. The van der Waals surface area contributed by atoms with Gasteiger partial charge >= 0.3 is 6.09 Å². The van der Waals surface area contributed by atoms with Crippen molar-refractivity contribution in [3.8, 4) is 0 Å². The van der Waals surface area contributed by atoms with E-state index in [0.29, 0.717) is 16.5 Å². The minimum absolute atomic E-state index is 0.191. The first-order valence-corrected chi connectivity index (χ1v) is 8.14. The Morgan fingerprint density at radius 3 is 2.73 bits per heavy atom. The van der Waals surface area contributed by atoms with Gasteiger partial charge in [0.1, 0.15) is 5.00 Å². The smallest absolute Gasteiger partial charge is 0.414 e. The molecule has 1 heterocycles. The molecule has 22 heavy (non-hydrogen) atoms. The predicted molar refractivity (Wildman–Crippen MR) is 84.3 cm³/mol. The van der Waals surface area contributed by atoms with E-state index in [1.807, 2.05) is 0 Å². The van der Waals surface area contributed by atoms with Crippen molar-refractivity contribution in [1.82, 2.24) is 5.32 Å². The second-order valence-corrected chi connectivity index (χ2v) is 6.52. The van der Waals surface area contributed by atoms with Gasteiger partial charge in [-0.05, 0) is 37.7 Å². The molecule has 0 radical (unpaired) electrons. The Hall–Kier alpha value is -1.89. The zero-order valence-corrected chi connectivity index (χ0v) is 13.8. The number of anilines is 1. The van der Waals surface area contributed by atoms with E-state index < -0.39 is 12.0 Å². The Bertz CT molecular complexity index is 609. The molecule has 1 aromatic heterocycles. The summed E-state index contributed by atoms with van der Waals surface area (Å²) in [6.07, 6.45) is 1.88. The second kappa shape index (κ2) is 6.91. The van der Waals surface area contributed by atoms with Crippen LogP contribution in [0.1, 0.15) is 48.0 Å². The maximum absolute atomic E-state index is 12.4. The lowest BCUT2D eigenvalue weighted by atomic mass is 9.88. The predicted octanol–water partition coefficient (Wildman–Crippen LogP) is 2.72. The van der Waals surface area contributed by atoms with Crippen LogP contribution in [0.3, 0.4) is 0 Å². The molecule has 0 aromatic carbocycles. The summed E-state index contributed by atoms with van der Waals surface area (Å²) < 4.78 is 4.74. The monoisotopic (exact) mass is 324 g/mol. The highest BCUT2D eigenvalue weighted by Gasteiger charge is 2.28. The van der Waals surface area contributed by atoms with E-state index in [9.17, 15) is 14.4 Å². The summed E-state index contributed by atoms with van der Waals surface area (Å²) in [6.45, 7) is 5.42. The molecule has 1 aliphatic rings. The Balaban J connectivity index is 2.32. The van der Waals surface area contributed by atoms with Crippen LogP contribution in [0.4, 0.5) is 9.80 Å². The first-order valence-electron chi connectivity index (χ1n) is 7.32. The van der Waals surface area contributed by atoms with Crippen LogP contribution in [0.5, 0.6) is 0 Å². The Labute approximate surface area is 133 Å². The van der Waals surface area contributed by atoms with Crippen LogP contribution in [0, 0.1) is 5.92 Å². The van der Waals surface area contributed by atoms with E-state index in [-0.39, 0.29) is 12.5 Å². The van der Waals surface area contributed by atoms with E-state index in [0.717, 1.165) is 29.7 Å². The summed E-state index contributed by atoms with van der Waals surface area (Å²) in [5.74, 6) is -0.205. The number of carbonyl (C=O) groups is 3. The molecule has 0 saturated heterocycles. The number of hydrogen-bond donors (Lipinski definition) is 2. The Morgan fingerprint density at radius 2 is 2.09 bits per heavy atom. The lowest BCUT2D eigenvalue weighted by molar-refractivity contribution is -0.114. The number of rotatable bonds is 3. The number of fused-ring (bicyclic) bond motifs is 1. The highest BCUT2D eigenvalue weighted by Crippen LogP contribution is 2.39. The number of thiophene rings is 1. The van der Waals surface area contributed by atoms with E-state index in [1.165, 1.54) is 18.3 Å². The average Bonchev–Trinajstić information content (AvgIpc) is 2.74. The molecule has 0 bridgehead atoms. The van der Waals surface area contributed by atoms with Gasteiger partial charge in [-0.1, -0.05) is 6.92 Å². The quantitative estimate of drug-likeness (QED) is 0.895. The van der Waals surface area contributed by atoms with Crippen molar-refractivity contribution in [3.05, 3.63) is 16.0 Å². The van der Waals surface area contributed by atoms with Crippen LogP contribution in [-0.4, -0.2) is 24.5 Å². The number of alkyl carbamates (subject to hydrolysis) is 1. The molecule has 0 unspecified atom stereocenters. The van der Waals surface area contributed by atoms with Crippen LogP contribution < -0.4 is 10.6 Å². The molecule has 3 amide bonds. The molecule has 1 aliphatic carbocycles. The molecule has 120 valence electrons. The van der Waals surface area contributed by atoms with Gasteiger partial charge in [0, 0.05) is 11.8 Å². The molecule has 7 heteroatoms. The maximum Gasteiger partial charge on any atom is 0.414 e. The topological polar surface area (TPSA) is 84.5 Å². The highest BCUT2D eigenvalue weighted by atomic mass is 32.1. The van der Waals surface area contributed by atoms with Crippen LogP contribution in [0.2, 0.25) is 0 Å². The van der Waals surface area contributed by atoms with E-state index in [4.69, 9.17) is 4.74 Å². The summed E-state index contributed by atoms with van der Waals surface area (Å²) in [7, 11) is 0. The van der Waals surface area contributed by atoms with Crippen LogP contribution in [0.25, 0.3) is 0 Å². The van der Waals surface area contributed by atoms with Gasteiger partial charge < -0.3 is 10.1 Å². The van der Waals surface area contributed by atoms with Crippen molar-refractivity contribution in [2.24, 2.45) is 5.92 Å². The minimum Gasteiger partial charge on any atom is -0.450 e. The lowest BCUT2D eigenvalue weighted by Gasteiger charge is -2.18. The third-order valence-electron chi connectivity index (χ3n) is 3.52.